The minimum absolute atomic E-state index is 0.0299. The zero-order chi connectivity index (χ0) is 25.8. The maximum Gasteiger partial charge on any atom is 0.251 e. The average Bonchev–Trinajstić information content (AvgIpc) is 3.27. The molecule has 2 aromatic heterocycles. The Balaban J connectivity index is 1.49. The van der Waals surface area contributed by atoms with Crippen LogP contribution in [0.25, 0.3) is 16.9 Å². The normalized spacial score (nSPS) is 12.2. The number of aliphatic hydroxyl groups is 1. The maximum absolute atomic E-state index is 12.9. The summed E-state index contributed by atoms with van der Waals surface area (Å²) in [5.41, 5.74) is 3.53. The van der Waals surface area contributed by atoms with E-state index in [1.165, 1.54) is 0 Å². The molecule has 0 saturated carbocycles. The fraction of sp³-hybridized carbons (Fsp3) is 0.259. The molecule has 9 heteroatoms. The molecule has 0 spiro atoms. The van der Waals surface area contributed by atoms with Crippen LogP contribution in [-0.4, -0.2) is 39.2 Å². The van der Waals surface area contributed by atoms with Crippen LogP contribution >= 0.6 is 34.8 Å². The number of ether oxygens (including phenoxy) is 1. The third-order valence-electron chi connectivity index (χ3n) is 5.62. The Morgan fingerprint density at radius 3 is 2.56 bits per heavy atom. The molecular weight excluding hydrogens is 521 g/mol. The molecule has 188 valence electrons. The minimum Gasteiger partial charge on any atom is -0.489 e. The zero-order valence-electron chi connectivity index (χ0n) is 19.8. The highest BCUT2D eigenvalue weighted by Gasteiger charge is 2.18. The molecule has 1 atom stereocenters. The summed E-state index contributed by atoms with van der Waals surface area (Å²) in [6, 6.07) is 13.9. The molecule has 0 saturated heterocycles. The van der Waals surface area contributed by atoms with E-state index in [1.54, 1.807) is 24.3 Å². The number of aliphatic hydroxyl groups excluding tert-OH is 1. The van der Waals surface area contributed by atoms with Crippen LogP contribution < -0.4 is 10.1 Å². The van der Waals surface area contributed by atoms with E-state index in [-0.39, 0.29) is 24.7 Å². The largest absolute Gasteiger partial charge is 0.489 e. The molecule has 36 heavy (non-hydrogen) atoms. The summed E-state index contributed by atoms with van der Waals surface area (Å²) in [6.07, 6.45) is 4.57. The molecular formula is C27H26Cl3N3O3. The average molecular weight is 547 g/mol. The molecule has 0 fully saturated rings. The Morgan fingerprint density at radius 1 is 1.08 bits per heavy atom. The molecule has 0 unspecified atom stereocenters. The summed E-state index contributed by atoms with van der Waals surface area (Å²) >= 11 is 19.2. The molecule has 0 aliphatic rings. The van der Waals surface area contributed by atoms with Crippen molar-refractivity contribution in [3.8, 4) is 17.0 Å². The molecule has 4 rings (SSSR count). The number of carbonyl (C=O) groups is 1. The standard InChI is InChI=1S/C27H26Cl3N3O3/c1-16(2)36-25-8-7-19(14-23(25)30)27(35)31-20(9-11-34)12-17-5-6-18(13-22(17)29)24-15-33-10-3-4-21(28)26(33)32-24/h3-8,10,13-16,20,34H,9,11-12H2,1-2H3,(H,31,35)/t20-/m1/s1. The van der Waals surface area contributed by atoms with E-state index in [4.69, 9.17) is 39.5 Å². The van der Waals surface area contributed by atoms with Gasteiger partial charge in [-0.15, -0.1) is 0 Å². The van der Waals surface area contributed by atoms with Crippen molar-refractivity contribution in [1.29, 1.82) is 0 Å². The van der Waals surface area contributed by atoms with Crippen LogP contribution in [0.3, 0.4) is 0 Å². The maximum atomic E-state index is 12.9. The topological polar surface area (TPSA) is 75.9 Å². The number of imidazole rings is 1. The number of benzene rings is 2. The number of aromatic nitrogens is 2. The van der Waals surface area contributed by atoms with Gasteiger partial charge in [0.2, 0.25) is 0 Å². The van der Waals surface area contributed by atoms with Crippen molar-refractivity contribution >= 4 is 46.4 Å². The molecule has 0 radical (unpaired) electrons. The first-order valence-corrected chi connectivity index (χ1v) is 12.7. The van der Waals surface area contributed by atoms with Gasteiger partial charge in [-0.25, -0.2) is 4.98 Å². The monoisotopic (exact) mass is 545 g/mol. The second kappa shape index (κ2) is 11.5. The lowest BCUT2D eigenvalue weighted by Gasteiger charge is -2.19. The fourth-order valence-corrected chi connectivity index (χ4v) is 4.59. The summed E-state index contributed by atoms with van der Waals surface area (Å²) in [4.78, 5) is 17.5. The first-order valence-electron chi connectivity index (χ1n) is 11.5. The molecule has 6 nitrogen and oxygen atoms in total. The fourth-order valence-electron chi connectivity index (χ4n) is 3.90. The van der Waals surface area contributed by atoms with E-state index < -0.39 is 0 Å². The summed E-state index contributed by atoms with van der Waals surface area (Å²) in [5, 5.41) is 14.0. The van der Waals surface area contributed by atoms with Crippen molar-refractivity contribution in [2.75, 3.05) is 6.61 Å². The quantitative estimate of drug-likeness (QED) is 0.252. The molecule has 2 N–H and O–H groups in total. The van der Waals surface area contributed by atoms with E-state index in [2.05, 4.69) is 10.3 Å². The Bertz CT molecular complexity index is 1390. The first-order chi connectivity index (χ1) is 17.2. The van der Waals surface area contributed by atoms with Crippen LogP contribution in [-0.2, 0) is 6.42 Å². The number of hydrogen-bond donors (Lipinski definition) is 2. The second-order valence-corrected chi connectivity index (χ2v) is 9.94. The lowest BCUT2D eigenvalue weighted by molar-refractivity contribution is 0.0930. The van der Waals surface area contributed by atoms with Gasteiger partial charge in [0.15, 0.2) is 5.65 Å². The van der Waals surface area contributed by atoms with Gasteiger partial charge in [-0.05, 0) is 68.7 Å². The van der Waals surface area contributed by atoms with Crippen molar-refractivity contribution in [2.45, 2.75) is 38.8 Å². The smallest absolute Gasteiger partial charge is 0.251 e. The van der Waals surface area contributed by atoms with Crippen LogP contribution in [0, 0.1) is 0 Å². The van der Waals surface area contributed by atoms with Crippen molar-refractivity contribution in [2.24, 2.45) is 0 Å². The van der Waals surface area contributed by atoms with E-state index in [0.717, 1.165) is 16.8 Å². The van der Waals surface area contributed by atoms with E-state index >= 15 is 0 Å². The number of amides is 1. The number of hydrogen-bond acceptors (Lipinski definition) is 4. The molecule has 0 aliphatic heterocycles. The zero-order valence-corrected chi connectivity index (χ0v) is 22.1. The number of halogens is 3. The SMILES string of the molecule is CC(C)Oc1ccc(C(=O)N[C@H](CCO)Cc2ccc(-c3cn4cccc(Cl)c4n3)cc2Cl)cc1Cl. The van der Waals surface area contributed by atoms with Gasteiger partial charge in [-0.1, -0.05) is 46.9 Å². The predicted octanol–water partition coefficient (Wildman–Crippen LogP) is 6.47. The van der Waals surface area contributed by atoms with Gasteiger partial charge in [0.25, 0.3) is 5.91 Å². The Morgan fingerprint density at radius 2 is 1.89 bits per heavy atom. The van der Waals surface area contributed by atoms with Crippen LogP contribution in [0.1, 0.15) is 36.2 Å². The molecule has 0 bridgehead atoms. The minimum atomic E-state index is -0.329. The van der Waals surface area contributed by atoms with Gasteiger partial charge >= 0.3 is 0 Å². The number of rotatable bonds is 9. The highest BCUT2D eigenvalue weighted by atomic mass is 35.5. The number of pyridine rings is 1. The molecule has 1 amide bonds. The third kappa shape index (κ3) is 6.13. The van der Waals surface area contributed by atoms with Crippen molar-refractivity contribution in [3.05, 3.63) is 87.1 Å². The highest BCUT2D eigenvalue weighted by Crippen LogP contribution is 2.29. The van der Waals surface area contributed by atoms with Crippen molar-refractivity contribution in [1.82, 2.24) is 14.7 Å². The number of nitrogens with one attached hydrogen (secondary N) is 1. The number of fused-ring (bicyclic) bond motifs is 1. The van der Waals surface area contributed by atoms with Crippen LogP contribution in [0.2, 0.25) is 15.1 Å². The molecule has 4 aromatic rings. The van der Waals surface area contributed by atoms with Gasteiger partial charge in [0, 0.05) is 41.2 Å². The van der Waals surface area contributed by atoms with E-state index in [0.29, 0.717) is 44.9 Å². The van der Waals surface area contributed by atoms with E-state index in [9.17, 15) is 9.90 Å². The van der Waals surface area contributed by atoms with Crippen LogP contribution in [0.15, 0.2) is 60.9 Å². The molecule has 0 aliphatic carbocycles. The molecule has 2 heterocycles. The summed E-state index contributed by atoms with van der Waals surface area (Å²) in [6.45, 7) is 3.73. The van der Waals surface area contributed by atoms with Gasteiger partial charge < -0.3 is 19.6 Å². The molecule has 2 aromatic carbocycles. The van der Waals surface area contributed by atoms with Gasteiger partial charge in [0.1, 0.15) is 5.75 Å². The van der Waals surface area contributed by atoms with Crippen LogP contribution in [0.5, 0.6) is 5.75 Å². The Labute approximate surface area is 224 Å². The lowest BCUT2D eigenvalue weighted by atomic mass is 10.0. The predicted molar refractivity (Wildman–Crippen MR) is 145 cm³/mol. The number of carbonyl (C=O) groups excluding carboxylic acids is 1. The first kappa shape index (κ1) is 26.3. The van der Waals surface area contributed by atoms with Crippen molar-refractivity contribution < 1.29 is 14.6 Å². The van der Waals surface area contributed by atoms with E-state index in [1.807, 2.05) is 54.9 Å². The summed E-state index contributed by atoms with van der Waals surface area (Å²) < 4.78 is 7.49. The summed E-state index contributed by atoms with van der Waals surface area (Å²) in [5.74, 6) is 0.232. The third-order valence-corrected chi connectivity index (χ3v) is 6.56. The van der Waals surface area contributed by atoms with Gasteiger partial charge in [-0.2, -0.15) is 0 Å². The summed E-state index contributed by atoms with van der Waals surface area (Å²) in [7, 11) is 0. The van der Waals surface area contributed by atoms with Crippen molar-refractivity contribution in [3.63, 3.8) is 0 Å². The van der Waals surface area contributed by atoms with Crippen LogP contribution in [0.4, 0.5) is 0 Å². The second-order valence-electron chi connectivity index (χ2n) is 8.72. The van der Waals surface area contributed by atoms with Gasteiger partial charge in [-0.3, -0.25) is 4.79 Å². The van der Waals surface area contributed by atoms with Gasteiger partial charge in [0.05, 0.1) is 21.8 Å². The lowest BCUT2D eigenvalue weighted by Crippen LogP contribution is -2.37. The Kier molecular flexibility index (Phi) is 8.42. The highest BCUT2D eigenvalue weighted by molar-refractivity contribution is 6.33. The Hall–Kier alpha value is -2.77. The number of nitrogens with zero attached hydrogens (tertiary/aromatic N) is 2.